The summed E-state index contributed by atoms with van der Waals surface area (Å²) in [5.74, 6) is 0. The van der Waals surface area contributed by atoms with Crippen molar-refractivity contribution in [2.75, 3.05) is 0 Å². The van der Waals surface area contributed by atoms with Gasteiger partial charge in [-0.1, -0.05) is 84.9 Å². The standard InChI is InChI=1S/C45H25N5/c46-26-29-17-22-45-40(23-29)37-12-4-5-13-41(37)49(45)33-20-18-30(19-21-33)38-25-39(32(28-48)24-31(38)27-47)36-11-3-8-16-44(36)50-42-14-6-1-9-34(42)35-10-2-7-15-43(35)50/h1-25H. The number of nitriles is 3. The predicted molar refractivity (Wildman–Crippen MR) is 200 cm³/mol. The first-order chi connectivity index (χ1) is 24.7. The topological polar surface area (TPSA) is 81.2 Å². The van der Waals surface area contributed by atoms with Crippen molar-refractivity contribution in [2.45, 2.75) is 0 Å². The maximum atomic E-state index is 10.4. The highest BCUT2D eigenvalue weighted by atomic mass is 15.0. The van der Waals surface area contributed by atoms with E-state index in [1.165, 1.54) is 0 Å². The highest BCUT2D eigenvalue weighted by molar-refractivity contribution is 6.11. The van der Waals surface area contributed by atoms with Crippen LogP contribution in [0.1, 0.15) is 16.7 Å². The molecule has 0 aliphatic rings. The van der Waals surface area contributed by atoms with Crippen molar-refractivity contribution in [3.8, 4) is 51.8 Å². The first-order valence-electron chi connectivity index (χ1n) is 16.3. The van der Waals surface area contributed by atoms with Crippen LogP contribution in [0, 0.1) is 34.0 Å². The van der Waals surface area contributed by atoms with Gasteiger partial charge in [-0.2, -0.15) is 15.8 Å². The number of fused-ring (bicyclic) bond motifs is 6. The third-order valence-electron chi connectivity index (χ3n) is 9.65. The second-order valence-corrected chi connectivity index (χ2v) is 12.3. The second kappa shape index (κ2) is 11.4. The number of benzene rings is 7. The zero-order chi connectivity index (χ0) is 33.8. The van der Waals surface area contributed by atoms with E-state index >= 15 is 0 Å². The predicted octanol–water partition coefficient (Wildman–Crippen LogP) is 10.8. The van der Waals surface area contributed by atoms with Crippen molar-refractivity contribution in [3.05, 3.63) is 168 Å². The third-order valence-corrected chi connectivity index (χ3v) is 9.65. The first-order valence-corrected chi connectivity index (χ1v) is 16.3. The Hall–Kier alpha value is -7.39. The Bertz CT molecular complexity index is 2900. The normalized spacial score (nSPS) is 11.1. The van der Waals surface area contributed by atoms with E-state index in [0.29, 0.717) is 16.7 Å². The Morgan fingerprint density at radius 1 is 0.380 bits per heavy atom. The van der Waals surface area contributed by atoms with E-state index in [4.69, 9.17) is 0 Å². The molecule has 5 heteroatoms. The molecule has 50 heavy (non-hydrogen) atoms. The summed E-state index contributed by atoms with van der Waals surface area (Å²) < 4.78 is 4.46. The van der Waals surface area contributed by atoms with E-state index in [1.54, 1.807) is 6.07 Å². The Kier molecular flexibility index (Phi) is 6.56. The minimum Gasteiger partial charge on any atom is -0.309 e. The molecule has 0 fully saturated rings. The molecule has 0 bridgehead atoms. The van der Waals surface area contributed by atoms with Gasteiger partial charge in [0.05, 0.1) is 62.7 Å². The largest absolute Gasteiger partial charge is 0.309 e. The molecule has 0 unspecified atom stereocenters. The van der Waals surface area contributed by atoms with E-state index in [1.807, 2.05) is 78.9 Å². The average molecular weight is 636 g/mol. The van der Waals surface area contributed by atoms with Crippen molar-refractivity contribution in [1.82, 2.24) is 9.13 Å². The fourth-order valence-electron chi connectivity index (χ4n) is 7.44. The molecule has 0 N–H and O–H groups in total. The molecule has 230 valence electrons. The number of hydrogen-bond donors (Lipinski definition) is 0. The monoisotopic (exact) mass is 635 g/mol. The Labute approximate surface area is 287 Å². The molecule has 2 heterocycles. The molecule has 0 aliphatic heterocycles. The molecule has 0 aliphatic carbocycles. The molecule has 0 saturated carbocycles. The maximum absolute atomic E-state index is 10.4. The van der Waals surface area contributed by atoms with E-state index in [-0.39, 0.29) is 0 Å². The molecule has 9 rings (SSSR count). The quantitative estimate of drug-likeness (QED) is 0.193. The molecule has 0 amide bonds. The van der Waals surface area contributed by atoms with Crippen molar-refractivity contribution < 1.29 is 0 Å². The van der Waals surface area contributed by atoms with Crippen LogP contribution in [0.5, 0.6) is 0 Å². The van der Waals surface area contributed by atoms with Crippen molar-refractivity contribution in [3.63, 3.8) is 0 Å². The molecule has 5 nitrogen and oxygen atoms in total. The fraction of sp³-hybridized carbons (Fsp3) is 0. The molecule has 2 aromatic heterocycles. The average Bonchev–Trinajstić information content (AvgIpc) is 3.70. The first kappa shape index (κ1) is 28.8. The SMILES string of the molecule is N#Cc1ccc2c(c1)c1ccccc1n2-c1ccc(-c2cc(-c3ccccc3-n3c4ccccc4c4ccccc43)c(C#N)cc2C#N)cc1. The van der Waals surface area contributed by atoms with Gasteiger partial charge in [0.25, 0.3) is 0 Å². The van der Waals surface area contributed by atoms with Crippen molar-refractivity contribution in [1.29, 1.82) is 15.8 Å². The Morgan fingerprint density at radius 2 is 0.920 bits per heavy atom. The van der Waals surface area contributed by atoms with Gasteiger partial charge in [-0.3, -0.25) is 0 Å². The summed E-state index contributed by atoms with van der Waals surface area (Å²) in [5.41, 5.74) is 10.9. The highest BCUT2D eigenvalue weighted by Gasteiger charge is 2.20. The molecule has 0 spiro atoms. The van der Waals surface area contributed by atoms with E-state index < -0.39 is 0 Å². The Balaban J connectivity index is 1.22. The highest BCUT2D eigenvalue weighted by Crippen LogP contribution is 2.40. The summed E-state index contributed by atoms with van der Waals surface area (Å²) in [6.07, 6.45) is 0. The van der Waals surface area contributed by atoms with E-state index in [9.17, 15) is 15.8 Å². The zero-order valence-electron chi connectivity index (χ0n) is 26.7. The summed E-state index contributed by atoms with van der Waals surface area (Å²) in [7, 11) is 0. The minimum absolute atomic E-state index is 0.438. The summed E-state index contributed by atoms with van der Waals surface area (Å²) >= 11 is 0. The van der Waals surface area contributed by atoms with Gasteiger partial charge < -0.3 is 9.13 Å². The number of para-hydroxylation sites is 4. The smallest absolute Gasteiger partial charge is 0.0998 e. The number of rotatable bonds is 4. The molecule has 0 radical (unpaired) electrons. The molecule has 0 saturated heterocycles. The molecule has 7 aromatic carbocycles. The lowest BCUT2D eigenvalue weighted by molar-refractivity contribution is 1.18. The number of nitrogens with zero attached hydrogens (tertiary/aromatic N) is 5. The lowest BCUT2D eigenvalue weighted by atomic mass is 9.90. The number of aromatic nitrogens is 2. The maximum Gasteiger partial charge on any atom is 0.0998 e. The minimum atomic E-state index is 0.438. The van der Waals surface area contributed by atoms with Crippen LogP contribution in [0.4, 0.5) is 0 Å². The zero-order valence-corrected chi connectivity index (χ0v) is 26.7. The van der Waals surface area contributed by atoms with Gasteiger partial charge in [-0.25, -0.2) is 0 Å². The summed E-state index contributed by atoms with van der Waals surface area (Å²) in [4.78, 5) is 0. The van der Waals surface area contributed by atoms with Crippen LogP contribution in [0.2, 0.25) is 0 Å². The van der Waals surface area contributed by atoms with Gasteiger partial charge >= 0.3 is 0 Å². The van der Waals surface area contributed by atoms with Gasteiger partial charge in [0, 0.05) is 43.9 Å². The van der Waals surface area contributed by atoms with Crippen LogP contribution in [-0.4, -0.2) is 9.13 Å². The Morgan fingerprint density at radius 3 is 1.56 bits per heavy atom. The number of hydrogen-bond acceptors (Lipinski definition) is 3. The van der Waals surface area contributed by atoms with Crippen LogP contribution >= 0.6 is 0 Å². The van der Waals surface area contributed by atoms with Gasteiger partial charge in [0.2, 0.25) is 0 Å². The lowest BCUT2D eigenvalue weighted by Crippen LogP contribution is -1.99. The van der Waals surface area contributed by atoms with Crippen LogP contribution in [0.3, 0.4) is 0 Å². The van der Waals surface area contributed by atoms with Crippen molar-refractivity contribution >= 4 is 43.6 Å². The molecule has 9 aromatic rings. The van der Waals surface area contributed by atoms with Crippen LogP contribution in [0.25, 0.3) is 77.2 Å². The van der Waals surface area contributed by atoms with Gasteiger partial charge in [0.15, 0.2) is 0 Å². The second-order valence-electron chi connectivity index (χ2n) is 12.3. The van der Waals surface area contributed by atoms with E-state index in [2.05, 4.69) is 94.1 Å². The lowest BCUT2D eigenvalue weighted by Gasteiger charge is -2.17. The fourth-order valence-corrected chi connectivity index (χ4v) is 7.44. The molecule has 0 atom stereocenters. The van der Waals surface area contributed by atoms with Crippen LogP contribution in [-0.2, 0) is 0 Å². The summed E-state index contributed by atoms with van der Waals surface area (Å²) in [6.45, 7) is 0. The third kappa shape index (κ3) is 4.31. The summed E-state index contributed by atoms with van der Waals surface area (Å²) in [5, 5.41) is 34.7. The molecular weight excluding hydrogens is 611 g/mol. The summed E-state index contributed by atoms with van der Waals surface area (Å²) in [6, 6.07) is 57.8. The van der Waals surface area contributed by atoms with E-state index in [0.717, 1.165) is 77.2 Å². The van der Waals surface area contributed by atoms with Crippen molar-refractivity contribution in [2.24, 2.45) is 0 Å². The van der Waals surface area contributed by atoms with Gasteiger partial charge in [-0.15, -0.1) is 0 Å². The van der Waals surface area contributed by atoms with Gasteiger partial charge in [0.1, 0.15) is 0 Å². The van der Waals surface area contributed by atoms with Crippen LogP contribution in [0.15, 0.2) is 152 Å². The molecular formula is C45H25N5. The van der Waals surface area contributed by atoms with Crippen LogP contribution < -0.4 is 0 Å². The van der Waals surface area contributed by atoms with Gasteiger partial charge in [-0.05, 0) is 72.3 Å².